The first-order valence-electron chi connectivity index (χ1n) is 7.27. The molecule has 0 aliphatic rings. The molecule has 0 aliphatic heterocycles. The van der Waals surface area contributed by atoms with Gasteiger partial charge in [-0.25, -0.2) is 0 Å². The number of amides is 1. The molecule has 4 heteroatoms. The van der Waals surface area contributed by atoms with Crippen molar-refractivity contribution in [1.82, 2.24) is 10.6 Å². The van der Waals surface area contributed by atoms with Gasteiger partial charge in [0.15, 0.2) is 6.10 Å². The van der Waals surface area contributed by atoms with Crippen molar-refractivity contribution in [3.05, 3.63) is 29.8 Å². The Labute approximate surface area is 121 Å². The molecule has 0 saturated carbocycles. The molecule has 0 fully saturated rings. The van der Waals surface area contributed by atoms with Gasteiger partial charge in [0.05, 0.1) is 0 Å². The Morgan fingerprint density at radius 2 is 2.05 bits per heavy atom. The quantitative estimate of drug-likeness (QED) is 0.767. The lowest BCUT2D eigenvalue weighted by Crippen LogP contribution is -2.36. The molecule has 1 aromatic carbocycles. The maximum absolute atomic E-state index is 11.6. The molecule has 1 amide bonds. The van der Waals surface area contributed by atoms with Crippen molar-refractivity contribution in [2.45, 2.75) is 40.3 Å². The van der Waals surface area contributed by atoms with Crippen LogP contribution in [-0.4, -0.2) is 25.1 Å². The molecule has 0 aliphatic carbocycles. The van der Waals surface area contributed by atoms with Gasteiger partial charge in [0.2, 0.25) is 0 Å². The van der Waals surface area contributed by atoms with Crippen LogP contribution >= 0.6 is 0 Å². The highest BCUT2D eigenvalue weighted by molar-refractivity contribution is 5.80. The van der Waals surface area contributed by atoms with Gasteiger partial charge in [0, 0.05) is 13.1 Å². The predicted molar refractivity (Wildman–Crippen MR) is 81.8 cm³/mol. The average Bonchev–Trinajstić information content (AvgIpc) is 2.39. The Morgan fingerprint density at radius 1 is 1.30 bits per heavy atom. The van der Waals surface area contributed by atoms with Crippen molar-refractivity contribution in [3.63, 3.8) is 0 Å². The van der Waals surface area contributed by atoms with Crippen LogP contribution < -0.4 is 15.4 Å². The fourth-order valence-electron chi connectivity index (χ4n) is 1.81. The van der Waals surface area contributed by atoms with E-state index in [4.69, 9.17) is 4.74 Å². The predicted octanol–water partition coefficient (Wildman–Crippen LogP) is 2.34. The number of carbonyl (C=O) groups is 1. The Bertz CT molecular complexity index is 419. The Morgan fingerprint density at radius 3 is 2.70 bits per heavy atom. The second-order valence-electron chi connectivity index (χ2n) is 5.33. The first-order valence-corrected chi connectivity index (χ1v) is 7.27. The van der Waals surface area contributed by atoms with E-state index in [1.165, 1.54) is 0 Å². The molecular formula is C16H26N2O2. The zero-order valence-electron chi connectivity index (χ0n) is 12.9. The van der Waals surface area contributed by atoms with Crippen LogP contribution in [-0.2, 0) is 11.3 Å². The van der Waals surface area contributed by atoms with Crippen LogP contribution in [0.25, 0.3) is 0 Å². The van der Waals surface area contributed by atoms with Gasteiger partial charge in [-0.05, 0) is 44.0 Å². The summed E-state index contributed by atoms with van der Waals surface area (Å²) in [5, 5.41) is 6.14. The average molecular weight is 278 g/mol. The Hall–Kier alpha value is -1.55. The molecule has 1 atom stereocenters. The lowest BCUT2D eigenvalue weighted by molar-refractivity contribution is -0.127. The highest BCUT2D eigenvalue weighted by Crippen LogP contribution is 2.15. The fourth-order valence-corrected chi connectivity index (χ4v) is 1.81. The van der Waals surface area contributed by atoms with E-state index in [1.54, 1.807) is 6.92 Å². The fraction of sp³-hybridized carbons (Fsp3) is 0.562. The van der Waals surface area contributed by atoms with E-state index in [-0.39, 0.29) is 5.91 Å². The Balaban J connectivity index is 2.52. The number of rotatable bonds is 8. The second kappa shape index (κ2) is 8.59. The lowest BCUT2D eigenvalue weighted by Gasteiger charge is -2.15. The number of ether oxygens (including phenoxy) is 1. The summed E-state index contributed by atoms with van der Waals surface area (Å²) in [6, 6.07) is 7.86. The third-order valence-electron chi connectivity index (χ3n) is 2.81. The zero-order chi connectivity index (χ0) is 15.0. The summed E-state index contributed by atoms with van der Waals surface area (Å²) in [7, 11) is 0. The van der Waals surface area contributed by atoms with Gasteiger partial charge in [0.1, 0.15) is 5.75 Å². The molecular weight excluding hydrogens is 252 g/mol. The second-order valence-corrected chi connectivity index (χ2v) is 5.33. The van der Waals surface area contributed by atoms with Crippen LogP contribution in [0.15, 0.2) is 24.3 Å². The van der Waals surface area contributed by atoms with Gasteiger partial charge in [-0.15, -0.1) is 0 Å². The standard InChI is InChI=1S/C16H26N2O2/c1-5-18-16(19)13(4)20-15-8-6-7-14(9-15)11-17-10-12(2)3/h6-9,12-13,17H,5,10-11H2,1-4H3,(H,18,19). The summed E-state index contributed by atoms with van der Waals surface area (Å²) in [5.41, 5.74) is 1.16. The van der Waals surface area contributed by atoms with Crippen molar-refractivity contribution in [3.8, 4) is 5.75 Å². The monoisotopic (exact) mass is 278 g/mol. The van der Waals surface area contributed by atoms with E-state index in [1.807, 2.05) is 25.1 Å². The number of likely N-dealkylation sites (N-methyl/N-ethyl adjacent to an activating group) is 1. The smallest absolute Gasteiger partial charge is 0.260 e. The minimum absolute atomic E-state index is 0.0872. The summed E-state index contributed by atoms with van der Waals surface area (Å²) >= 11 is 0. The van der Waals surface area contributed by atoms with E-state index in [0.29, 0.717) is 12.5 Å². The molecule has 0 aromatic heterocycles. The van der Waals surface area contributed by atoms with Crippen LogP contribution in [0.1, 0.15) is 33.3 Å². The van der Waals surface area contributed by atoms with Crippen molar-refractivity contribution < 1.29 is 9.53 Å². The third-order valence-corrected chi connectivity index (χ3v) is 2.81. The summed E-state index contributed by atoms with van der Waals surface area (Å²) in [6.07, 6.45) is -0.478. The molecule has 0 saturated heterocycles. The Kier molecular flexibility index (Phi) is 7.09. The van der Waals surface area contributed by atoms with Gasteiger partial charge < -0.3 is 15.4 Å². The molecule has 2 N–H and O–H groups in total. The number of benzene rings is 1. The molecule has 1 unspecified atom stereocenters. The topological polar surface area (TPSA) is 50.4 Å². The molecule has 20 heavy (non-hydrogen) atoms. The van der Waals surface area contributed by atoms with Crippen LogP contribution in [0.5, 0.6) is 5.75 Å². The molecule has 1 rings (SSSR count). The largest absolute Gasteiger partial charge is 0.481 e. The zero-order valence-corrected chi connectivity index (χ0v) is 12.9. The first kappa shape index (κ1) is 16.5. The van der Waals surface area contributed by atoms with Gasteiger partial charge in [0.25, 0.3) is 5.91 Å². The summed E-state index contributed by atoms with van der Waals surface area (Å²) in [4.78, 5) is 11.6. The SMILES string of the molecule is CCNC(=O)C(C)Oc1cccc(CNCC(C)C)c1. The highest BCUT2D eigenvalue weighted by Gasteiger charge is 2.13. The molecule has 0 bridgehead atoms. The number of hydrogen-bond donors (Lipinski definition) is 2. The minimum atomic E-state index is -0.478. The maximum Gasteiger partial charge on any atom is 0.260 e. The molecule has 0 radical (unpaired) electrons. The minimum Gasteiger partial charge on any atom is -0.481 e. The van der Waals surface area contributed by atoms with E-state index in [0.717, 1.165) is 24.4 Å². The first-order chi connectivity index (χ1) is 9.52. The lowest BCUT2D eigenvalue weighted by atomic mass is 10.2. The van der Waals surface area contributed by atoms with Crippen LogP contribution in [0.3, 0.4) is 0 Å². The molecule has 112 valence electrons. The van der Waals surface area contributed by atoms with Crippen LogP contribution in [0.4, 0.5) is 0 Å². The van der Waals surface area contributed by atoms with Crippen molar-refractivity contribution in [2.24, 2.45) is 5.92 Å². The summed E-state index contributed by atoms with van der Waals surface area (Å²) in [5.74, 6) is 1.27. The number of nitrogens with one attached hydrogen (secondary N) is 2. The normalized spacial score (nSPS) is 12.2. The number of carbonyl (C=O) groups excluding carboxylic acids is 1. The summed E-state index contributed by atoms with van der Waals surface area (Å²) in [6.45, 7) is 10.4. The maximum atomic E-state index is 11.6. The van der Waals surface area contributed by atoms with E-state index < -0.39 is 6.10 Å². The van der Waals surface area contributed by atoms with Crippen molar-refractivity contribution in [2.75, 3.05) is 13.1 Å². The highest BCUT2D eigenvalue weighted by atomic mass is 16.5. The molecule has 0 heterocycles. The summed E-state index contributed by atoms with van der Waals surface area (Å²) < 4.78 is 5.66. The third kappa shape index (κ3) is 6.06. The molecule has 0 spiro atoms. The van der Waals surface area contributed by atoms with Gasteiger partial charge >= 0.3 is 0 Å². The van der Waals surface area contributed by atoms with E-state index >= 15 is 0 Å². The number of hydrogen-bond acceptors (Lipinski definition) is 3. The van der Waals surface area contributed by atoms with Crippen molar-refractivity contribution >= 4 is 5.91 Å². The van der Waals surface area contributed by atoms with E-state index in [9.17, 15) is 4.79 Å². The van der Waals surface area contributed by atoms with Gasteiger partial charge in [-0.1, -0.05) is 26.0 Å². The molecule has 1 aromatic rings. The van der Waals surface area contributed by atoms with Gasteiger partial charge in [-0.3, -0.25) is 4.79 Å². The molecule has 4 nitrogen and oxygen atoms in total. The van der Waals surface area contributed by atoms with Gasteiger partial charge in [-0.2, -0.15) is 0 Å². The van der Waals surface area contributed by atoms with Crippen LogP contribution in [0.2, 0.25) is 0 Å². The van der Waals surface area contributed by atoms with Crippen LogP contribution in [0, 0.1) is 5.92 Å². The van der Waals surface area contributed by atoms with E-state index in [2.05, 4.69) is 30.5 Å². The van der Waals surface area contributed by atoms with Crippen molar-refractivity contribution in [1.29, 1.82) is 0 Å².